The predicted octanol–water partition coefficient (Wildman–Crippen LogP) is 1.70. The number of benzene rings is 1. The molecule has 2 aromatic rings. The molecule has 0 radical (unpaired) electrons. The van der Waals surface area contributed by atoms with Crippen LogP contribution in [0.3, 0.4) is 0 Å². The minimum Gasteiger partial charge on any atom is -0.496 e. The number of hydrogen-bond acceptors (Lipinski definition) is 7. The molecule has 1 aromatic carbocycles. The third-order valence-corrected chi connectivity index (χ3v) is 4.46. The lowest BCUT2D eigenvalue weighted by atomic mass is 9.73. The number of para-hydroxylation sites is 1. The molecular formula is C17H17NO6. The number of nitrogens with zero attached hydrogens (tertiary/aromatic N) is 1. The molecule has 0 N–H and O–H groups in total. The molecule has 0 saturated heterocycles. The lowest BCUT2D eigenvalue weighted by Crippen LogP contribution is -2.45. The summed E-state index contributed by atoms with van der Waals surface area (Å²) in [6.07, 6.45) is 1.53. The molecule has 1 aromatic heterocycles. The van der Waals surface area contributed by atoms with E-state index in [0.29, 0.717) is 22.6 Å². The first-order valence-electron chi connectivity index (χ1n) is 7.33. The number of methoxy groups -OCH3 is 3. The predicted molar refractivity (Wildman–Crippen MR) is 81.5 cm³/mol. The maximum Gasteiger partial charge on any atom is 0.324 e. The summed E-state index contributed by atoms with van der Waals surface area (Å²) in [5.74, 6) is -1.54. The highest BCUT2D eigenvalue weighted by atomic mass is 16.5. The number of fused-ring (bicyclic) bond motifs is 1. The average Bonchev–Trinajstić information content (AvgIpc) is 3.19. The molecule has 0 aliphatic heterocycles. The Balaban J connectivity index is 2.27. The molecule has 0 spiro atoms. The van der Waals surface area contributed by atoms with Crippen molar-refractivity contribution in [1.82, 2.24) is 5.16 Å². The smallest absolute Gasteiger partial charge is 0.324 e. The Bertz CT molecular complexity index is 765. The van der Waals surface area contributed by atoms with Gasteiger partial charge in [-0.3, -0.25) is 9.59 Å². The van der Waals surface area contributed by atoms with Crippen LogP contribution in [0.1, 0.15) is 22.7 Å². The standard InChI is InChI=1S/C17H17NO6/c1-21-12-7-5-4-6-11(12)13-14-10(9-24-18-14)8-17(13,15(19)22-2)16(20)23-3/h4-7,9,13H,8H2,1-3H3. The second kappa shape index (κ2) is 5.99. The molecule has 3 rings (SSSR count). The van der Waals surface area contributed by atoms with Crippen LogP contribution < -0.4 is 4.74 Å². The first-order valence-corrected chi connectivity index (χ1v) is 7.33. The zero-order valence-electron chi connectivity index (χ0n) is 13.6. The summed E-state index contributed by atoms with van der Waals surface area (Å²) in [6, 6.07) is 7.15. The normalized spacial score (nSPS) is 17.9. The van der Waals surface area contributed by atoms with E-state index >= 15 is 0 Å². The van der Waals surface area contributed by atoms with Gasteiger partial charge in [-0.15, -0.1) is 0 Å². The van der Waals surface area contributed by atoms with Crippen LogP contribution >= 0.6 is 0 Å². The van der Waals surface area contributed by atoms with Crippen molar-refractivity contribution in [3.05, 3.63) is 47.3 Å². The van der Waals surface area contributed by atoms with E-state index in [-0.39, 0.29) is 6.42 Å². The van der Waals surface area contributed by atoms with E-state index < -0.39 is 23.3 Å². The molecule has 1 aliphatic carbocycles. The third-order valence-electron chi connectivity index (χ3n) is 4.46. The van der Waals surface area contributed by atoms with E-state index in [1.54, 1.807) is 24.3 Å². The summed E-state index contributed by atoms with van der Waals surface area (Å²) < 4.78 is 20.3. The Kier molecular flexibility index (Phi) is 4.01. The van der Waals surface area contributed by atoms with Crippen LogP contribution in [0.2, 0.25) is 0 Å². The Morgan fingerprint density at radius 2 is 1.83 bits per heavy atom. The Hall–Kier alpha value is -2.83. The van der Waals surface area contributed by atoms with Gasteiger partial charge in [0.1, 0.15) is 12.0 Å². The molecule has 7 nitrogen and oxygen atoms in total. The lowest BCUT2D eigenvalue weighted by Gasteiger charge is -2.30. The summed E-state index contributed by atoms with van der Waals surface area (Å²) in [6.45, 7) is 0. The van der Waals surface area contributed by atoms with Crippen LogP contribution in [-0.4, -0.2) is 38.4 Å². The highest BCUT2D eigenvalue weighted by Crippen LogP contribution is 2.53. The quantitative estimate of drug-likeness (QED) is 0.622. The van der Waals surface area contributed by atoms with Crippen molar-refractivity contribution in [3.63, 3.8) is 0 Å². The second-order valence-corrected chi connectivity index (χ2v) is 5.53. The van der Waals surface area contributed by atoms with Crippen molar-refractivity contribution >= 4 is 11.9 Å². The van der Waals surface area contributed by atoms with Gasteiger partial charge in [-0.1, -0.05) is 23.4 Å². The SMILES string of the molecule is COC(=O)C1(C(=O)OC)Cc2conc2C1c1ccccc1OC. The number of aromatic nitrogens is 1. The fourth-order valence-corrected chi connectivity index (χ4v) is 3.42. The van der Waals surface area contributed by atoms with Crippen molar-refractivity contribution in [3.8, 4) is 5.75 Å². The summed E-state index contributed by atoms with van der Waals surface area (Å²) in [4.78, 5) is 25.3. The first kappa shape index (κ1) is 16.0. The summed E-state index contributed by atoms with van der Waals surface area (Å²) >= 11 is 0. The van der Waals surface area contributed by atoms with Gasteiger partial charge in [0.15, 0.2) is 5.41 Å². The van der Waals surface area contributed by atoms with Gasteiger partial charge in [0.05, 0.1) is 32.9 Å². The minimum atomic E-state index is -1.56. The van der Waals surface area contributed by atoms with Gasteiger partial charge in [-0.2, -0.15) is 0 Å². The number of carbonyl (C=O) groups excluding carboxylic acids is 2. The van der Waals surface area contributed by atoms with Crippen LogP contribution in [0.15, 0.2) is 35.1 Å². The Morgan fingerprint density at radius 1 is 1.17 bits per heavy atom. The number of hydrogen-bond donors (Lipinski definition) is 0. The van der Waals surface area contributed by atoms with Crippen LogP contribution in [0.25, 0.3) is 0 Å². The summed E-state index contributed by atoms with van der Waals surface area (Å²) in [5, 5.41) is 4.01. The van der Waals surface area contributed by atoms with E-state index in [2.05, 4.69) is 5.16 Å². The molecule has 7 heteroatoms. The maximum absolute atomic E-state index is 12.7. The zero-order chi connectivity index (χ0) is 17.3. The second-order valence-electron chi connectivity index (χ2n) is 5.53. The number of carbonyl (C=O) groups is 2. The van der Waals surface area contributed by atoms with Crippen LogP contribution in [0.5, 0.6) is 5.75 Å². The van der Waals surface area contributed by atoms with E-state index in [4.69, 9.17) is 18.7 Å². The molecule has 0 saturated carbocycles. The van der Waals surface area contributed by atoms with Gasteiger partial charge in [-0.25, -0.2) is 0 Å². The number of rotatable bonds is 4. The third kappa shape index (κ3) is 2.08. The lowest BCUT2D eigenvalue weighted by molar-refractivity contribution is -0.169. The molecule has 1 unspecified atom stereocenters. The molecule has 1 atom stereocenters. The topological polar surface area (TPSA) is 87.9 Å². The molecular weight excluding hydrogens is 314 g/mol. The van der Waals surface area contributed by atoms with Crippen LogP contribution in [0, 0.1) is 5.41 Å². The van der Waals surface area contributed by atoms with E-state index in [9.17, 15) is 9.59 Å². The summed E-state index contributed by atoms with van der Waals surface area (Å²) in [7, 11) is 4.01. The van der Waals surface area contributed by atoms with Gasteiger partial charge in [-0.05, 0) is 6.07 Å². The van der Waals surface area contributed by atoms with Gasteiger partial charge < -0.3 is 18.7 Å². The van der Waals surface area contributed by atoms with Gasteiger partial charge in [0.25, 0.3) is 0 Å². The largest absolute Gasteiger partial charge is 0.496 e. The van der Waals surface area contributed by atoms with Crippen LogP contribution in [0.4, 0.5) is 0 Å². The van der Waals surface area contributed by atoms with Crippen molar-refractivity contribution < 1.29 is 28.3 Å². The molecule has 24 heavy (non-hydrogen) atoms. The monoisotopic (exact) mass is 331 g/mol. The van der Waals surface area contributed by atoms with Gasteiger partial charge in [0, 0.05) is 17.5 Å². The highest BCUT2D eigenvalue weighted by Gasteiger charge is 2.62. The van der Waals surface area contributed by atoms with Gasteiger partial charge in [0.2, 0.25) is 0 Å². The average molecular weight is 331 g/mol. The van der Waals surface area contributed by atoms with Crippen LogP contribution in [-0.2, 0) is 25.5 Å². The number of ether oxygens (including phenoxy) is 3. The fourth-order valence-electron chi connectivity index (χ4n) is 3.42. The molecule has 0 fully saturated rings. The van der Waals surface area contributed by atoms with Gasteiger partial charge >= 0.3 is 11.9 Å². The maximum atomic E-state index is 12.7. The first-order chi connectivity index (χ1) is 11.6. The molecule has 1 heterocycles. The van der Waals surface area contributed by atoms with Crippen molar-refractivity contribution in [2.45, 2.75) is 12.3 Å². The van der Waals surface area contributed by atoms with E-state index in [1.807, 2.05) is 0 Å². The van der Waals surface area contributed by atoms with Crippen molar-refractivity contribution in [1.29, 1.82) is 0 Å². The zero-order valence-corrected chi connectivity index (χ0v) is 13.6. The van der Waals surface area contributed by atoms with E-state index in [1.165, 1.54) is 27.6 Å². The van der Waals surface area contributed by atoms with Crippen molar-refractivity contribution in [2.75, 3.05) is 21.3 Å². The minimum absolute atomic E-state index is 0.0912. The Labute approximate surface area is 138 Å². The Morgan fingerprint density at radius 3 is 2.46 bits per heavy atom. The molecule has 0 amide bonds. The van der Waals surface area contributed by atoms with Crippen molar-refractivity contribution in [2.24, 2.45) is 5.41 Å². The molecule has 126 valence electrons. The van der Waals surface area contributed by atoms with E-state index in [0.717, 1.165) is 0 Å². The number of esters is 2. The highest BCUT2D eigenvalue weighted by molar-refractivity contribution is 6.03. The summed E-state index contributed by atoms with van der Waals surface area (Å²) in [5.41, 5.74) is 0.257. The molecule has 0 bridgehead atoms. The molecule has 1 aliphatic rings. The fraction of sp³-hybridized carbons (Fsp3) is 0.353.